The van der Waals surface area contributed by atoms with Gasteiger partial charge in [-0.05, 0) is 59.6 Å². The molecule has 0 saturated heterocycles. The zero-order valence-corrected chi connectivity index (χ0v) is 21.0. The molecule has 0 N–H and O–H groups in total. The topological polar surface area (TPSA) is 47.8 Å². The van der Waals surface area contributed by atoms with Gasteiger partial charge in [0.2, 0.25) is 0 Å². The van der Waals surface area contributed by atoms with Crippen molar-refractivity contribution in [1.82, 2.24) is 14.5 Å². The second kappa shape index (κ2) is 12.4. The largest absolute Gasteiger partial charge is 0.299 e. The lowest BCUT2D eigenvalue weighted by atomic mass is 10.0. The van der Waals surface area contributed by atoms with Gasteiger partial charge in [-0.25, -0.2) is 9.37 Å². The number of hydrogen-bond acceptors (Lipinski definition) is 3. The van der Waals surface area contributed by atoms with E-state index in [1.165, 1.54) is 17.7 Å². The summed E-state index contributed by atoms with van der Waals surface area (Å²) in [6, 6.07) is 20.0. The Kier molecular flexibility index (Phi) is 9.30. The first-order valence-corrected chi connectivity index (χ1v) is 13.0. The molecule has 2 aromatic heterocycles. The number of halogens is 2. The number of aromatic nitrogens is 3. The van der Waals surface area contributed by atoms with E-state index in [0.29, 0.717) is 23.2 Å². The Labute approximate surface area is 207 Å². The van der Waals surface area contributed by atoms with Crippen molar-refractivity contribution in [2.75, 3.05) is 4.93 Å². The maximum absolute atomic E-state index is 13.5. The van der Waals surface area contributed by atoms with Crippen molar-refractivity contribution < 1.29 is 4.39 Å². The highest BCUT2D eigenvalue weighted by Gasteiger charge is 2.18. The van der Waals surface area contributed by atoms with E-state index in [-0.39, 0.29) is 11.4 Å². The zero-order valence-electron chi connectivity index (χ0n) is 18.8. The summed E-state index contributed by atoms with van der Waals surface area (Å²) in [5.41, 5.74) is 3.73. The highest BCUT2D eigenvalue weighted by molar-refractivity contribution is 14.1. The Bertz CT molecular complexity index is 1210. The average Bonchev–Trinajstić information content (AvgIpc) is 2.87. The summed E-state index contributed by atoms with van der Waals surface area (Å²) in [5.74, 6) is 0.407. The fourth-order valence-electron chi connectivity index (χ4n) is 3.72. The number of aryl methyl sites for hydroxylation is 2. The Balaban J connectivity index is 0.00000149. The van der Waals surface area contributed by atoms with E-state index in [1.807, 2.05) is 23.1 Å². The third-order valence-corrected chi connectivity index (χ3v) is 5.43. The van der Waals surface area contributed by atoms with E-state index in [9.17, 15) is 9.18 Å². The van der Waals surface area contributed by atoms with Gasteiger partial charge in [0.25, 0.3) is 5.56 Å². The van der Waals surface area contributed by atoms with Crippen LogP contribution in [-0.2, 0) is 19.9 Å². The second-order valence-electron chi connectivity index (χ2n) is 7.55. The van der Waals surface area contributed by atoms with Crippen LogP contribution < -0.4 is 5.56 Å². The minimum Gasteiger partial charge on any atom is -0.299 e. The third kappa shape index (κ3) is 6.35. The first kappa shape index (κ1) is 24.8. The number of rotatable bonds is 7. The molecule has 0 atom stereocenters. The molecular formula is C27H27FIN3O. The van der Waals surface area contributed by atoms with Gasteiger partial charge < -0.3 is 0 Å². The summed E-state index contributed by atoms with van der Waals surface area (Å²) < 4.78 is 15.1. The van der Waals surface area contributed by atoms with Crippen molar-refractivity contribution in [3.8, 4) is 22.4 Å². The van der Waals surface area contributed by atoms with Gasteiger partial charge in [-0.2, -0.15) is 0 Å². The second-order valence-corrected chi connectivity index (χ2v) is 7.55. The van der Waals surface area contributed by atoms with E-state index < -0.39 is 0 Å². The normalized spacial score (nSPS) is 10.4. The number of hydrogen-bond donors (Lipinski definition) is 0. The van der Waals surface area contributed by atoms with Crippen molar-refractivity contribution in [3.05, 3.63) is 107 Å². The molecule has 0 fully saturated rings. The summed E-state index contributed by atoms with van der Waals surface area (Å²) >= 11 is 2.15. The first-order valence-electron chi connectivity index (χ1n) is 10.8. The molecular weight excluding hydrogens is 528 g/mol. The van der Waals surface area contributed by atoms with Crippen molar-refractivity contribution in [2.45, 2.75) is 25.7 Å². The van der Waals surface area contributed by atoms with Crippen LogP contribution in [0.3, 0.4) is 0 Å². The Hall–Kier alpha value is -2.87. The fourth-order valence-corrected chi connectivity index (χ4v) is 3.72. The maximum atomic E-state index is 13.5. The summed E-state index contributed by atoms with van der Waals surface area (Å²) in [6.45, 7) is 0. The van der Waals surface area contributed by atoms with Crippen molar-refractivity contribution in [2.24, 2.45) is 7.05 Å². The average molecular weight is 555 g/mol. The number of unbranched alkanes of at least 4 members (excludes halogenated alkanes) is 1. The molecule has 0 saturated carbocycles. The van der Waals surface area contributed by atoms with Crippen LogP contribution in [0.5, 0.6) is 0 Å². The van der Waals surface area contributed by atoms with Crippen LogP contribution in [0.4, 0.5) is 4.39 Å². The molecule has 0 unspecified atom stereocenters. The summed E-state index contributed by atoms with van der Waals surface area (Å²) in [4.78, 5) is 24.3. The molecule has 0 aliphatic heterocycles. The monoisotopic (exact) mass is 555 g/mol. The molecule has 170 valence electrons. The Morgan fingerprint density at radius 3 is 2.15 bits per heavy atom. The standard InChI is InChI=1S/C26H24FN3O.CH3I/c1-30-23(10-6-5-9-19-7-3-2-4-8-19)29-25(21-15-17-28-18-16-21)24(26(30)31)20-11-13-22(27)14-12-20;1-2/h2-4,7-8,11-18H,5-6,9-10H2,1H3;1H3. The Morgan fingerprint density at radius 1 is 0.848 bits per heavy atom. The van der Waals surface area contributed by atoms with Crippen molar-refractivity contribution in [1.29, 1.82) is 0 Å². The van der Waals surface area contributed by atoms with E-state index in [0.717, 1.165) is 30.7 Å². The predicted octanol–water partition coefficient (Wildman–Crippen LogP) is 6.27. The molecule has 4 nitrogen and oxygen atoms in total. The number of pyridine rings is 1. The van der Waals surface area contributed by atoms with Crippen LogP contribution in [-0.4, -0.2) is 19.5 Å². The smallest absolute Gasteiger partial charge is 0.261 e. The number of benzene rings is 2. The summed E-state index contributed by atoms with van der Waals surface area (Å²) in [6.07, 6.45) is 7.02. The molecule has 2 heterocycles. The van der Waals surface area contributed by atoms with E-state index in [1.54, 1.807) is 36.1 Å². The maximum Gasteiger partial charge on any atom is 0.261 e. The molecule has 4 aromatic rings. The molecule has 0 aliphatic carbocycles. The highest BCUT2D eigenvalue weighted by Crippen LogP contribution is 2.28. The van der Waals surface area contributed by atoms with Gasteiger partial charge in [-0.1, -0.05) is 65.1 Å². The molecule has 0 amide bonds. The highest BCUT2D eigenvalue weighted by atomic mass is 127. The summed E-state index contributed by atoms with van der Waals surface area (Å²) in [7, 11) is 1.76. The van der Waals surface area contributed by atoms with Crippen LogP contribution >= 0.6 is 22.6 Å². The van der Waals surface area contributed by atoms with Gasteiger partial charge in [0.15, 0.2) is 0 Å². The lowest BCUT2D eigenvalue weighted by Gasteiger charge is -2.15. The molecule has 0 aliphatic rings. The quantitative estimate of drug-likeness (QED) is 0.154. The van der Waals surface area contributed by atoms with Gasteiger partial charge >= 0.3 is 0 Å². The van der Waals surface area contributed by atoms with E-state index in [4.69, 9.17) is 4.98 Å². The van der Waals surface area contributed by atoms with Gasteiger partial charge in [-0.3, -0.25) is 14.3 Å². The molecule has 0 spiro atoms. The first-order chi connectivity index (χ1) is 16.1. The van der Waals surface area contributed by atoms with Crippen LogP contribution in [0.1, 0.15) is 24.2 Å². The summed E-state index contributed by atoms with van der Waals surface area (Å²) in [5, 5.41) is 0. The predicted molar refractivity (Wildman–Crippen MR) is 141 cm³/mol. The minimum atomic E-state index is -0.339. The lowest BCUT2D eigenvalue weighted by molar-refractivity contribution is 0.628. The fraction of sp³-hybridized carbons (Fsp3) is 0.222. The molecule has 33 heavy (non-hydrogen) atoms. The van der Waals surface area contributed by atoms with Crippen molar-refractivity contribution >= 4 is 22.6 Å². The lowest BCUT2D eigenvalue weighted by Crippen LogP contribution is -2.25. The SMILES string of the molecule is CI.Cn1c(CCCCc2ccccc2)nc(-c2ccncc2)c(-c2ccc(F)cc2)c1=O. The molecule has 0 radical (unpaired) electrons. The van der Waals surface area contributed by atoms with Crippen molar-refractivity contribution in [3.63, 3.8) is 0 Å². The number of alkyl halides is 1. The Morgan fingerprint density at radius 2 is 1.48 bits per heavy atom. The van der Waals surface area contributed by atoms with E-state index >= 15 is 0 Å². The zero-order chi connectivity index (χ0) is 23.6. The third-order valence-electron chi connectivity index (χ3n) is 5.43. The van der Waals surface area contributed by atoms with Crippen LogP contribution in [0.25, 0.3) is 22.4 Å². The minimum absolute atomic E-state index is 0.133. The molecule has 2 aromatic carbocycles. The molecule has 6 heteroatoms. The van der Waals surface area contributed by atoms with Crippen LogP contribution in [0.2, 0.25) is 0 Å². The van der Waals surface area contributed by atoms with Gasteiger partial charge in [0.1, 0.15) is 11.6 Å². The van der Waals surface area contributed by atoms with Gasteiger partial charge in [0, 0.05) is 31.4 Å². The molecule has 4 rings (SSSR count). The molecule has 0 bridgehead atoms. The van der Waals surface area contributed by atoms with Crippen LogP contribution in [0, 0.1) is 5.82 Å². The van der Waals surface area contributed by atoms with Crippen LogP contribution in [0.15, 0.2) is 83.9 Å². The van der Waals surface area contributed by atoms with Gasteiger partial charge in [0.05, 0.1) is 11.3 Å². The number of nitrogens with zero attached hydrogens (tertiary/aromatic N) is 3. The van der Waals surface area contributed by atoms with E-state index in [2.05, 4.69) is 51.8 Å². The van der Waals surface area contributed by atoms with Gasteiger partial charge in [-0.15, -0.1) is 0 Å².